The number of aromatic nitrogens is 1. The topological polar surface area (TPSA) is 50.3 Å². The van der Waals surface area contributed by atoms with Crippen molar-refractivity contribution in [3.63, 3.8) is 0 Å². The van der Waals surface area contributed by atoms with Crippen LogP contribution in [0, 0.1) is 0 Å². The summed E-state index contributed by atoms with van der Waals surface area (Å²) in [6, 6.07) is 13.3. The molecule has 3 rings (SSSR count). The van der Waals surface area contributed by atoms with Crippen LogP contribution in [0.3, 0.4) is 0 Å². The summed E-state index contributed by atoms with van der Waals surface area (Å²) < 4.78 is 0. The normalized spacial score (nSPS) is 15.2. The molecule has 0 N–H and O–H groups in total. The molecule has 0 bridgehead atoms. The minimum Gasteiger partial charge on any atom is -0.270 e. The second-order valence-corrected chi connectivity index (χ2v) is 5.25. The van der Waals surface area contributed by atoms with Gasteiger partial charge in [-0.3, -0.25) is 19.5 Å². The van der Waals surface area contributed by atoms with Gasteiger partial charge in [-0.25, -0.2) is 0 Å². The average Bonchev–Trinajstić information content (AvgIpc) is 2.78. The minimum atomic E-state index is -0.281. The molecule has 4 nitrogen and oxygen atoms in total. The lowest BCUT2D eigenvalue weighted by Crippen LogP contribution is -2.38. The number of rotatable bonds is 4. The minimum absolute atomic E-state index is 0.139. The summed E-state index contributed by atoms with van der Waals surface area (Å²) in [5, 5.41) is 0. The average molecular weight is 280 g/mol. The van der Waals surface area contributed by atoms with Crippen LogP contribution in [-0.4, -0.2) is 27.7 Å². The van der Waals surface area contributed by atoms with Crippen molar-refractivity contribution in [1.29, 1.82) is 0 Å². The van der Waals surface area contributed by atoms with Crippen molar-refractivity contribution in [2.45, 2.75) is 25.8 Å². The molecule has 0 saturated heterocycles. The lowest BCUT2D eigenvalue weighted by Gasteiger charge is -2.22. The number of amides is 2. The van der Waals surface area contributed by atoms with Gasteiger partial charge in [-0.2, -0.15) is 0 Å². The van der Waals surface area contributed by atoms with Crippen LogP contribution >= 0.6 is 0 Å². The first-order chi connectivity index (χ1) is 10.2. The van der Waals surface area contributed by atoms with Crippen LogP contribution in [0.5, 0.6) is 0 Å². The van der Waals surface area contributed by atoms with Crippen LogP contribution in [0.4, 0.5) is 0 Å². The largest absolute Gasteiger partial charge is 0.280 e. The molecule has 2 aromatic rings. The van der Waals surface area contributed by atoms with Gasteiger partial charge >= 0.3 is 0 Å². The van der Waals surface area contributed by atoms with E-state index in [1.165, 1.54) is 10.5 Å². The molecular weight excluding hydrogens is 264 g/mol. The number of hydrogen-bond acceptors (Lipinski definition) is 3. The first-order valence-corrected chi connectivity index (χ1v) is 7.05. The third-order valence-corrected chi connectivity index (χ3v) is 3.81. The van der Waals surface area contributed by atoms with E-state index in [-0.39, 0.29) is 23.6 Å². The maximum atomic E-state index is 12.3. The Labute approximate surface area is 123 Å². The van der Waals surface area contributed by atoms with Crippen molar-refractivity contribution >= 4 is 11.8 Å². The Balaban J connectivity index is 1.73. The van der Waals surface area contributed by atoms with Crippen molar-refractivity contribution in [2.75, 3.05) is 0 Å². The van der Waals surface area contributed by atoms with Crippen molar-refractivity contribution in [1.82, 2.24) is 9.88 Å². The molecule has 2 amide bonds. The fourth-order valence-corrected chi connectivity index (χ4v) is 2.63. The van der Waals surface area contributed by atoms with Crippen molar-refractivity contribution in [3.8, 4) is 0 Å². The Morgan fingerprint density at radius 2 is 1.81 bits per heavy atom. The Bertz CT molecular complexity index is 647. The van der Waals surface area contributed by atoms with Crippen LogP contribution in [0.15, 0.2) is 48.7 Å². The van der Waals surface area contributed by atoms with Gasteiger partial charge in [0.1, 0.15) is 5.69 Å². The SMILES string of the molecule is CC(CCc1ccccc1)N1C(=O)c2cccnc2C1=O. The second kappa shape index (κ2) is 5.48. The Morgan fingerprint density at radius 3 is 2.52 bits per heavy atom. The second-order valence-electron chi connectivity index (χ2n) is 5.25. The van der Waals surface area contributed by atoms with E-state index in [9.17, 15) is 9.59 Å². The molecule has 4 heteroatoms. The fourth-order valence-electron chi connectivity index (χ4n) is 2.63. The van der Waals surface area contributed by atoms with Gasteiger partial charge < -0.3 is 0 Å². The molecule has 2 heterocycles. The molecule has 1 aliphatic rings. The number of carbonyl (C=O) groups is 2. The Hall–Kier alpha value is -2.49. The number of aryl methyl sites for hydroxylation is 1. The lowest BCUT2D eigenvalue weighted by atomic mass is 10.1. The molecule has 106 valence electrons. The molecule has 1 atom stereocenters. The molecule has 0 saturated carbocycles. The molecule has 1 unspecified atom stereocenters. The van der Waals surface area contributed by atoms with Crippen molar-refractivity contribution < 1.29 is 9.59 Å². The number of imide groups is 1. The zero-order valence-corrected chi connectivity index (χ0v) is 11.8. The molecule has 1 aliphatic heterocycles. The standard InChI is InChI=1S/C17H16N2O2/c1-12(9-10-13-6-3-2-4-7-13)19-16(20)14-8-5-11-18-15(14)17(19)21/h2-8,11-12H,9-10H2,1H3. The molecule has 0 aliphatic carbocycles. The first-order valence-electron chi connectivity index (χ1n) is 7.05. The summed E-state index contributed by atoms with van der Waals surface area (Å²) in [6.45, 7) is 1.91. The van der Waals surface area contributed by atoms with Gasteiger partial charge in [-0.05, 0) is 37.5 Å². The van der Waals surface area contributed by atoms with E-state index < -0.39 is 0 Å². The summed E-state index contributed by atoms with van der Waals surface area (Å²) in [4.78, 5) is 30.0. The molecule has 0 fully saturated rings. The third-order valence-electron chi connectivity index (χ3n) is 3.81. The quantitative estimate of drug-likeness (QED) is 0.809. The van der Waals surface area contributed by atoms with Gasteiger partial charge in [-0.1, -0.05) is 30.3 Å². The van der Waals surface area contributed by atoms with E-state index in [4.69, 9.17) is 0 Å². The molecular formula is C17H16N2O2. The monoisotopic (exact) mass is 280 g/mol. The van der Waals surface area contributed by atoms with Crippen molar-refractivity contribution in [3.05, 3.63) is 65.5 Å². The van der Waals surface area contributed by atoms with Crippen LogP contribution < -0.4 is 0 Å². The van der Waals surface area contributed by atoms with Gasteiger partial charge in [0.25, 0.3) is 11.8 Å². The zero-order chi connectivity index (χ0) is 14.8. The summed E-state index contributed by atoms with van der Waals surface area (Å²) in [6.07, 6.45) is 3.13. The van der Waals surface area contributed by atoms with Crippen LogP contribution in [-0.2, 0) is 6.42 Å². The van der Waals surface area contributed by atoms with E-state index in [0.29, 0.717) is 5.56 Å². The molecule has 0 radical (unpaired) electrons. The summed E-state index contributed by atoms with van der Waals surface area (Å²) >= 11 is 0. The number of nitrogens with zero attached hydrogens (tertiary/aromatic N) is 2. The van der Waals surface area contributed by atoms with Crippen LogP contribution in [0.1, 0.15) is 39.8 Å². The van der Waals surface area contributed by atoms with Crippen molar-refractivity contribution in [2.24, 2.45) is 0 Å². The number of carbonyl (C=O) groups excluding carboxylic acids is 2. The Kier molecular flexibility index (Phi) is 3.52. The number of pyridine rings is 1. The third kappa shape index (κ3) is 2.44. The molecule has 1 aromatic heterocycles. The van der Waals surface area contributed by atoms with Gasteiger partial charge in [0.2, 0.25) is 0 Å². The van der Waals surface area contributed by atoms with Gasteiger partial charge in [0.15, 0.2) is 0 Å². The predicted molar refractivity (Wildman–Crippen MR) is 79.0 cm³/mol. The fraction of sp³-hybridized carbons (Fsp3) is 0.235. The zero-order valence-electron chi connectivity index (χ0n) is 11.8. The summed E-state index contributed by atoms with van der Waals surface area (Å²) in [5.74, 6) is -0.514. The predicted octanol–water partition coefficient (Wildman–Crippen LogP) is 2.70. The number of benzene rings is 1. The highest BCUT2D eigenvalue weighted by Gasteiger charge is 2.39. The van der Waals surface area contributed by atoms with Crippen LogP contribution in [0.25, 0.3) is 0 Å². The maximum absolute atomic E-state index is 12.3. The first kappa shape index (κ1) is 13.5. The number of fused-ring (bicyclic) bond motifs is 1. The van der Waals surface area contributed by atoms with Gasteiger partial charge in [-0.15, -0.1) is 0 Å². The lowest BCUT2D eigenvalue weighted by molar-refractivity contribution is 0.0588. The molecule has 1 aromatic carbocycles. The van der Waals surface area contributed by atoms with Gasteiger partial charge in [0.05, 0.1) is 5.56 Å². The van der Waals surface area contributed by atoms with E-state index >= 15 is 0 Å². The van der Waals surface area contributed by atoms with E-state index in [1.54, 1.807) is 18.3 Å². The van der Waals surface area contributed by atoms with E-state index in [1.807, 2.05) is 25.1 Å². The highest BCUT2D eigenvalue weighted by atomic mass is 16.2. The van der Waals surface area contributed by atoms with E-state index in [2.05, 4.69) is 17.1 Å². The maximum Gasteiger partial charge on any atom is 0.280 e. The Morgan fingerprint density at radius 1 is 1.05 bits per heavy atom. The summed E-state index contributed by atoms with van der Waals surface area (Å²) in [7, 11) is 0. The summed E-state index contributed by atoms with van der Waals surface area (Å²) in [5.41, 5.74) is 1.89. The number of hydrogen-bond donors (Lipinski definition) is 0. The smallest absolute Gasteiger partial charge is 0.270 e. The van der Waals surface area contributed by atoms with Crippen LogP contribution in [0.2, 0.25) is 0 Å². The van der Waals surface area contributed by atoms with Gasteiger partial charge in [0, 0.05) is 12.2 Å². The molecule has 21 heavy (non-hydrogen) atoms. The van der Waals surface area contributed by atoms with E-state index in [0.717, 1.165) is 12.8 Å². The highest BCUT2D eigenvalue weighted by molar-refractivity contribution is 6.20. The molecule has 0 spiro atoms. The highest BCUT2D eigenvalue weighted by Crippen LogP contribution is 2.24.